The van der Waals surface area contributed by atoms with Gasteiger partial charge in [-0.1, -0.05) is 66.2 Å². The monoisotopic (exact) mass is 395 g/mol. The number of urea groups is 1. The Morgan fingerprint density at radius 3 is 2.39 bits per heavy atom. The number of rotatable bonds is 5. The Bertz CT molecular complexity index is 964. The van der Waals surface area contributed by atoms with E-state index in [-0.39, 0.29) is 6.61 Å². The molecule has 142 valence electrons. The summed E-state index contributed by atoms with van der Waals surface area (Å²) >= 11 is 5.85. The van der Waals surface area contributed by atoms with Crippen molar-refractivity contribution in [2.75, 3.05) is 11.9 Å². The molecule has 0 spiro atoms. The van der Waals surface area contributed by atoms with Gasteiger partial charge in [0.05, 0.1) is 0 Å². The van der Waals surface area contributed by atoms with Gasteiger partial charge in [-0.15, -0.1) is 0 Å². The van der Waals surface area contributed by atoms with Crippen LogP contribution in [0.15, 0.2) is 78.9 Å². The molecule has 0 bridgehead atoms. The highest BCUT2D eigenvalue weighted by Crippen LogP contribution is 2.29. The Hall–Kier alpha value is -3.51. The van der Waals surface area contributed by atoms with Gasteiger partial charge < -0.3 is 10.1 Å². The van der Waals surface area contributed by atoms with Crippen molar-refractivity contribution in [3.05, 3.63) is 83.9 Å². The van der Waals surface area contributed by atoms with Crippen LogP contribution < -0.4 is 20.9 Å². The van der Waals surface area contributed by atoms with E-state index in [0.29, 0.717) is 16.5 Å². The summed E-state index contributed by atoms with van der Waals surface area (Å²) in [6.45, 7) is -0.249. The maximum Gasteiger partial charge on any atom is 0.337 e. The van der Waals surface area contributed by atoms with E-state index >= 15 is 0 Å². The minimum Gasteiger partial charge on any atom is -0.483 e. The van der Waals surface area contributed by atoms with Crippen LogP contribution in [0.3, 0.4) is 0 Å². The SMILES string of the molecule is O=C(COc1ccccc1-c1ccccc1)NNC(=O)Nc1cccc(Cl)c1. The summed E-state index contributed by atoms with van der Waals surface area (Å²) in [6.07, 6.45) is 0. The van der Waals surface area contributed by atoms with Crippen LogP contribution in [0.1, 0.15) is 0 Å². The number of nitrogens with one attached hydrogen (secondary N) is 3. The van der Waals surface area contributed by atoms with Gasteiger partial charge in [-0.25, -0.2) is 10.2 Å². The molecule has 3 aromatic carbocycles. The first-order chi connectivity index (χ1) is 13.6. The second kappa shape index (κ2) is 9.43. The van der Waals surface area contributed by atoms with E-state index in [0.717, 1.165) is 11.1 Å². The van der Waals surface area contributed by atoms with Crippen molar-refractivity contribution in [3.8, 4) is 16.9 Å². The van der Waals surface area contributed by atoms with Crippen molar-refractivity contribution < 1.29 is 14.3 Å². The first kappa shape index (κ1) is 19.3. The second-order valence-electron chi connectivity index (χ2n) is 5.79. The zero-order valence-corrected chi connectivity index (χ0v) is 15.6. The zero-order chi connectivity index (χ0) is 19.8. The Morgan fingerprint density at radius 1 is 0.857 bits per heavy atom. The van der Waals surface area contributed by atoms with Gasteiger partial charge in [-0.05, 0) is 29.8 Å². The van der Waals surface area contributed by atoms with Crippen LogP contribution in [0, 0.1) is 0 Å². The maximum absolute atomic E-state index is 12.0. The van der Waals surface area contributed by atoms with E-state index in [1.54, 1.807) is 30.3 Å². The third-order valence-corrected chi connectivity index (χ3v) is 3.96. The first-order valence-corrected chi connectivity index (χ1v) is 8.88. The van der Waals surface area contributed by atoms with Crippen molar-refractivity contribution >= 4 is 29.2 Å². The molecule has 0 aliphatic heterocycles. The summed E-state index contributed by atoms with van der Waals surface area (Å²) < 4.78 is 5.62. The van der Waals surface area contributed by atoms with Gasteiger partial charge in [0.15, 0.2) is 6.61 Å². The lowest BCUT2D eigenvalue weighted by atomic mass is 10.1. The predicted octanol–water partition coefficient (Wildman–Crippen LogP) is 4.24. The fraction of sp³-hybridized carbons (Fsp3) is 0.0476. The molecule has 0 aromatic heterocycles. The Balaban J connectivity index is 1.50. The molecule has 6 nitrogen and oxygen atoms in total. The molecule has 0 fully saturated rings. The van der Waals surface area contributed by atoms with Crippen LogP contribution in [0.5, 0.6) is 5.75 Å². The lowest BCUT2D eigenvalue weighted by molar-refractivity contribution is -0.123. The van der Waals surface area contributed by atoms with Crippen LogP contribution in [-0.2, 0) is 4.79 Å². The predicted molar refractivity (Wildman–Crippen MR) is 109 cm³/mol. The number of carbonyl (C=O) groups is 2. The lowest BCUT2D eigenvalue weighted by Gasteiger charge is -2.12. The molecule has 0 unspecified atom stereocenters. The molecule has 0 saturated heterocycles. The summed E-state index contributed by atoms with van der Waals surface area (Å²) in [5.74, 6) is 0.0799. The highest BCUT2D eigenvalue weighted by atomic mass is 35.5. The highest BCUT2D eigenvalue weighted by molar-refractivity contribution is 6.30. The number of ether oxygens (including phenoxy) is 1. The normalized spacial score (nSPS) is 10.0. The minimum absolute atomic E-state index is 0.249. The molecule has 7 heteroatoms. The summed E-state index contributed by atoms with van der Waals surface area (Å²) in [5.41, 5.74) is 6.92. The molecule has 0 radical (unpaired) electrons. The van der Waals surface area contributed by atoms with Gasteiger partial charge in [0.25, 0.3) is 5.91 Å². The molecule has 3 aromatic rings. The lowest BCUT2D eigenvalue weighted by Crippen LogP contribution is -2.45. The first-order valence-electron chi connectivity index (χ1n) is 8.50. The van der Waals surface area contributed by atoms with E-state index in [9.17, 15) is 9.59 Å². The smallest absolute Gasteiger partial charge is 0.337 e. The standard InChI is InChI=1S/C21H18ClN3O3/c22-16-9-6-10-17(13-16)23-21(27)25-24-20(26)14-28-19-12-5-4-11-18(19)15-7-2-1-3-8-15/h1-13H,14H2,(H,24,26)(H2,23,25,27). The van der Waals surface area contributed by atoms with Crippen LogP contribution in [0.2, 0.25) is 5.02 Å². The quantitative estimate of drug-likeness (QED) is 0.565. The number of para-hydroxylation sites is 1. The van der Waals surface area contributed by atoms with E-state index in [4.69, 9.17) is 16.3 Å². The molecule has 3 amide bonds. The van der Waals surface area contributed by atoms with Gasteiger partial charge in [-0.3, -0.25) is 10.2 Å². The van der Waals surface area contributed by atoms with E-state index in [2.05, 4.69) is 16.2 Å². The summed E-state index contributed by atoms with van der Waals surface area (Å²) in [5, 5.41) is 3.05. The van der Waals surface area contributed by atoms with E-state index in [1.807, 2.05) is 48.5 Å². The highest BCUT2D eigenvalue weighted by Gasteiger charge is 2.09. The third kappa shape index (κ3) is 5.49. The van der Waals surface area contributed by atoms with Crippen LogP contribution in [0.4, 0.5) is 10.5 Å². The summed E-state index contributed by atoms with van der Waals surface area (Å²) in [4.78, 5) is 23.8. The van der Waals surface area contributed by atoms with E-state index in [1.165, 1.54) is 0 Å². The van der Waals surface area contributed by atoms with Crippen LogP contribution >= 0.6 is 11.6 Å². The topological polar surface area (TPSA) is 79.5 Å². The number of hydrogen-bond donors (Lipinski definition) is 3. The number of benzene rings is 3. The fourth-order valence-electron chi connectivity index (χ4n) is 2.48. The van der Waals surface area contributed by atoms with Crippen molar-refractivity contribution in [1.29, 1.82) is 0 Å². The molecule has 0 saturated carbocycles. The summed E-state index contributed by atoms with van der Waals surface area (Å²) in [6, 6.07) is 23.2. The molecule has 0 heterocycles. The van der Waals surface area contributed by atoms with Gasteiger partial charge >= 0.3 is 6.03 Å². The molecular formula is C21H18ClN3O3. The molecule has 3 N–H and O–H groups in total. The second-order valence-corrected chi connectivity index (χ2v) is 6.22. The van der Waals surface area contributed by atoms with Crippen molar-refractivity contribution in [2.45, 2.75) is 0 Å². The summed E-state index contributed by atoms with van der Waals surface area (Å²) in [7, 11) is 0. The average molecular weight is 396 g/mol. The van der Waals surface area contributed by atoms with Crippen LogP contribution in [0.25, 0.3) is 11.1 Å². The molecule has 0 aliphatic carbocycles. The van der Waals surface area contributed by atoms with Crippen LogP contribution in [-0.4, -0.2) is 18.5 Å². The molecule has 0 atom stereocenters. The zero-order valence-electron chi connectivity index (χ0n) is 14.8. The number of halogens is 1. The largest absolute Gasteiger partial charge is 0.483 e. The Kier molecular flexibility index (Phi) is 6.49. The molecule has 28 heavy (non-hydrogen) atoms. The van der Waals surface area contributed by atoms with Crippen molar-refractivity contribution in [3.63, 3.8) is 0 Å². The third-order valence-electron chi connectivity index (χ3n) is 3.73. The minimum atomic E-state index is -0.597. The molecule has 0 aliphatic rings. The number of hydrazine groups is 1. The fourth-order valence-corrected chi connectivity index (χ4v) is 2.67. The Labute approximate surface area is 167 Å². The van der Waals surface area contributed by atoms with Gasteiger partial charge in [0, 0.05) is 16.3 Å². The number of hydrogen-bond acceptors (Lipinski definition) is 3. The van der Waals surface area contributed by atoms with Gasteiger partial charge in [0.1, 0.15) is 5.75 Å². The van der Waals surface area contributed by atoms with Gasteiger partial charge in [-0.2, -0.15) is 0 Å². The van der Waals surface area contributed by atoms with Crippen molar-refractivity contribution in [2.24, 2.45) is 0 Å². The average Bonchev–Trinajstić information content (AvgIpc) is 2.71. The Morgan fingerprint density at radius 2 is 1.61 bits per heavy atom. The number of amides is 3. The van der Waals surface area contributed by atoms with E-state index < -0.39 is 11.9 Å². The van der Waals surface area contributed by atoms with Gasteiger partial charge in [0.2, 0.25) is 0 Å². The number of anilines is 1. The molecule has 3 rings (SSSR count). The van der Waals surface area contributed by atoms with Crippen molar-refractivity contribution in [1.82, 2.24) is 10.9 Å². The number of carbonyl (C=O) groups excluding carboxylic acids is 2. The maximum atomic E-state index is 12.0. The molecular weight excluding hydrogens is 378 g/mol.